The lowest BCUT2D eigenvalue weighted by atomic mass is 9.83. The molecule has 1 heterocycles. The molecule has 0 aliphatic carbocycles. The zero-order chi connectivity index (χ0) is 14.8. The molecule has 20 heavy (non-hydrogen) atoms. The van der Waals surface area contributed by atoms with Gasteiger partial charge in [-0.1, -0.05) is 54.9 Å². The normalized spacial score (nSPS) is 20.0. The number of rotatable bonds is 2. The molecule has 1 aromatic rings. The second-order valence-electron chi connectivity index (χ2n) is 6.60. The van der Waals surface area contributed by atoms with Gasteiger partial charge in [-0.2, -0.15) is 0 Å². The maximum Gasteiger partial charge on any atom is 0.254 e. The largest absolute Gasteiger partial charge is 0.335 e. The molecule has 2 nitrogen and oxygen atoms in total. The van der Waals surface area contributed by atoms with Crippen LogP contribution in [-0.4, -0.2) is 28.7 Å². The van der Waals surface area contributed by atoms with Crippen LogP contribution >= 0.6 is 15.9 Å². The average Bonchev–Trinajstić information content (AvgIpc) is 2.45. The monoisotopic (exact) mass is 337 g/mol. The number of piperidine rings is 1. The van der Waals surface area contributed by atoms with Gasteiger partial charge in [0.2, 0.25) is 0 Å². The quantitative estimate of drug-likeness (QED) is 0.733. The highest BCUT2D eigenvalue weighted by Gasteiger charge is 2.29. The molecule has 1 atom stereocenters. The summed E-state index contributed by atoms with van der Waals surface area (Å²) in [7, 11) is 0. The van der Waals surface area contributed by atoms with Gasteiger partial charge in [-0.15, -0.1) is 0 Å². The van der Waals surface area contributed by atoms with Gasteiger partial charge < -0.3 is 4.90 Å². The van der Waals surface area contributed by atoms with Crippen LogP contribution in [0.5, 0.6) is 0 Å². The van der Waals surface area contributed by atoms with Crippen molar-refractivity contribution < 1.29 is 4.79 Å². The third-order valence-electron chi connectivity index (χ3n) is 4.03. The summed E-state index contributed by atoms with van der Waals surface area (Å²) in [6.07, 6.45) is 3.45. The Kier molecular flexibility index (Phi) is 4.90. The number of hydrogen-bond acceptors (Lipinski definition) is 1. The Bertz CT molecular complexity index is 478. The number of likely N-dealkylation sites (tertiary alicyclic amines) is 1. The van der Waals surface area contributed by atoms with E-state index < -0.39 is 0 Å². The maximum absolute atomic E-state index is 12.9. The molecule has 3 heteroatoms. The molecular weight excluding hydrogens is 314 g/mol. The third-order valence-corrected chi connectivity index (χ3v) is 4.78. The van der Waals surface area contributed by atoms with Gasteiger partial charge in [-0.3, -0.25) is 4.79 Å². The molecule has 0 spiro atoms. The zero-order valence-corrected chi connectivity index (χ0v) is 14.2. The molecule has 1 aromatic carbocycles. The van der Waals surface area contributed by atoms with Crippen LogP contribution in [0.25, 0.3) is 0 Å². The first-order chi connectivity index (χ1) is 9.45. The van der Waals surface area contributed by atoms with Gasteiger partial charge in [-0.05, 0) is 36.3 Å². The molecule has 1 fully saturated rings. The summed E-state index contributed by atoms with van der Waals surface area (Å²) in [5.41, 5.74) is 2.00. The van der Waals surface area contributed by atoms with Crippen molar-refractivity contribution in [3.8, 4) is 0 Å². The van der Waals surface area contributed by atoms with Gasteiger partial charge in [0.15, 0.2) is 0 Å². The Hall–Kier alpha value is -0.830. The number of carbonyl (C=O) groups excluding carboxylic acids is 1. The first-order valence-corrected chi connectivity index (χ1v) is 8.53. The highest BCUT2D eigenvalue weighted by Crippen LogP contribution is 2.28. The number of nitrogens with zero attached hydrogens (tertiary/aromatic N) is 1. The molecule has 2 rings (SSSR count). The minimum Gasteiger partial charge on any atom is -0.335 e. The van der Waals surface area contributed by atoms with E-state index in [4.69, 9.17) is 0 Å². The van der Waals surface area contributed by atoms with Crippen molar-refractivity contribution in [2.24, 2.45) is 0 Å². The summed E-state index contributed by atoms with van der Waals surface area (Å²) >= 11 is 3.56. The van der Waals surface area contributed by atoms with Gasteiger partial charge in [-0.25, -0.2) is 0 Å². The molecule has 1 unspecified atom stereocenters. The molecule has 110 valence electrons. The summed E-state index contributed by atoms with van der Waals surface area (Å²) in [5, 5.41) is 0.871. The summed E-state index contributed by atoms with van der Waals surface area (Å²) in [4.78, 5) is 15.0. The highest BCUT2D eigenvalue weighted by molar-refractivity contribution is 9.09. The lowest BCUT2D eigenvalue weighted by Crippen LogP contribution is -2.45. The number of alkyl halides is 1. The topological polar surface area (TPSA) is 20.3 Å². The Balaban J connectivity index is 2.33. The zero-order valence-electron chi connectivity index (χ0n) is 12.7. The minimum absolute atomic E-state index is 0.00800. The fourth-order valence-electron chi connectivity index (χ4n) is 2.91. The van der Waals surface area contributed by atoms with Gasteiger partial charge in [0.25, 0.3) is 5.91 Å². The predicted molar refractivity (Wildman–Crippen MR) is 87.6 cm³/mol. The Morgan fingerprint density at radius 2 is 2.00 bits per heavy atom. The van der Waals surface area contributed by atoms with Crippen molar-refractivity contribution in [1.82, 2.24) is 4.90 Å². The summed E-state index contributed by atoms with van der Waals surface area (Å²) < 4.78 is 0. The van der Waals surface area contributed by atoms with E-state index in [1.165, 1.54) is 6.42 Å². The molecule has 0 aromatic heterocycles. The van der Waals surface area contributed by atoms with E-state index >= 15 is 0 Å². The van der Waals surface area contributed by atoms with E-state index in [1.807, 2.05) is 18.2 Å². The highest BCUT2D eigenvalue weighted by atomic mass is 79.9. The van der Waals surface area contributed by atoms with E-state index in [1.54, 1.807) is 0 Å². The second-order valence-corrected chi connectivity index (χ2v) is 7.25. The van der Waals surface area contributed by atoms with Crippen LogP contribution in [-0.2, 0) is 5.41 Å². The first kappa shape index (κ1) is 15.6. The van der Waals surface area contributed by atoms with E-state index in [0.29, 0.717) is 6.04 Å². The molecule has 0 saturated carbocycles. The lowest BCUT2D eigenvalue weighted by Gasteiger charge is -2.36. The molecule has 1 aliphatic heterocycles. The fraction of sp³-hybridized carbons (Fsp3) is 0.588. The Morgan fingerprint density at radius 3 is 2.65 bits per heavy atom. The standard InChI is InChI=1S/C17H24BrNO/c1-17(2,3)15-10-5-4-9-14(15)16(20)19-11-7-6-8-13(19)12-18/h4-5,9-10,13H,6-8,11-12H2,1-3H3. The molecule has 1 aliphatic rings. The predicted octanol–water partition coefficient (Wildman–Crippen LogP) is 4.37. The van der Waals surface area contributed by atoms with Crippen molar-refractivity contribution in [2.45, 2.75) is 51.5 Å². The maximum atomic E-state index is 12.9. The van der Waals surface area contributed by atoms with Crippen molar-refractivity contribution in [3.63, 3.8) is 0 Å². The van der Waals surface area contributed by atoms with Gasteiger partial charge in [0.1, 0.15) is 0 Å². The van der Waals surface area contributed by atoms with Crippen LogP contribution in [0.2, 0.25) is 0 Å². The van der Waals surface area contributed by atoms with Crippen LogP contribution in [0.3, 0.4) is 0 Å². The lowest BCUT2D eigenvalue weighted by molar-refractivity contribution is 0.0639. The van der Waals surface area contributed by atoms with E-state index in [9.17, 15) is 4.79 Å². The van der Waals surface area contributed by atoms with Crippen molar-refractivity contribution in [2.75, 3.05) is 11.9 Å². The van der Waals surface area contributed by atoms with Gasteiger partial charge >= 0.3 is 0 Å². The SMILES string of the molecule is CC(C)(C)c1ccccc1C(=O)N1CCCCC1CBr. The first-order valence-electron chi connectivity index (χ1n) is 7.41. The number of benzene rings is 1. The average molecular weight is 338 g/mol. The Labute approximate surface area is 130 Å². The van der Waals surface area contributed by atoms with Crippen LogP contribution in [0.1, 0.15) is 56.0 Å². The third kappa shape index (κ3) is 3.25. The van der Waals surface area contributed by atoms with Gasteiger partial charge in [0, 0.05) is 23.5 Å². The molecule has 0 N–H and O–H groups in total. The van der Waals surface area contributed by atoms with E-state index in [0.717, 1.165) is 35.8 Å². The smallest absolute Gasteiger partial charge is 0.254 e. The van der Waals surface area contributed by atoms with Crippen molar-refractivity contribution in [1.29, 1.82) is 0 Å². The molecule has 0 bridgehead atoms. The van der Waals surface area contributed by atoms with Crippen LogP contribution < -0.4 is 0 Å². The Morgan fingerprint density at radius 1 is 1.30 bits per heavy atom. The van der Waals surface area contributed by atoms with E-state index in [2.05, 4.69) is 47.7 Å². The second kappa shape index (κ2) is 6.30. The van der Waals surface area contributed by atoms with Crippen molar-refractivity contribution >= 4 is 21.8 Å². The summed E-state index contributed by atoms with van der Waals surface area (Å²) in [6.45, 7) is 7.37. The summed E-state index contributed by atoms with van der Waals surface area (Å²) in [6, 6.07) is 8.39. The molecule has 0 radical (unpaired) electrons. The van der Waals surface area contributed by atoms with E-state index in [-0.39, 0.29) is 11.3 Å². The number of carbonyl (C=O) groups is 1. The number of hydrogen-bond donors (Lipinski definition) is 0. The minimum atomic E-state index is -0.00800. The van der Waals surface area contributed by atoms with Crippen LogP contribution in [0, 0.1) is 0 Å². The molecule has 1 amide bonds. The van der Waals surface area contributed by atoms with Gasteiger partial charge in [0.05, 0.1) is 0 Å². The van der Waals surface area contributed by atoms with Crippen molar-refractivity contribution in [3.05, 3.63) is 35.4 Å². The fourth-order valence-corrected chi connectivity index (χ4v) is 3.58. The molecule has 1 saturated heterocycles. The number of halogens is 1. The van der Waals surface area contributed by atoms with Crippen LogP contribution in [0.4, 0.5) is 0 Å². The summed E-state index contributed by atoms with van der Waals surface area (Å²) in [5.74, 6) is 0.194. The molecular formula is C17H24BrNO. The number of amides is 1. The van der Waals surface area contributed by atoms with Crippen LogP contribution in [0.15, 0.2) is 24.3 Å².